The van der Waals surface area contributed by atoms with Gasteiger partial charge in [0.05, 0.1) is 13.2 Å². The standard InChI is InChI=1S/C21H28N4O4/c1-14(2)21(4,13-22)23-17(26)12-25-18(27)20(3,24-19(25)28)11-10-15-6-8-16(29-5)9-7-15/h6-9,14H,10-12H2,1-5H3,(H,23,26)(H,24,28)/t20-,21-/m0/s1. The molecule has 1 aliphatic rings. The van der Waals surface area contributed by atoms with Crippen molar-refractivity contribution in [2.75, 3.05) is 13.7 Å². The van der Waals surface area contributed by atoms with E-state index < -0.39 is 35.5 Å². The molecule has 0 aliphatic carbocycles. The lowest BCUT2D eigenvalue weighted by atomic mass is 9.90. The minimum atomic E-state index is -1.09. The van der Waals surface area contributed by atoms with Crippen molar-refractivity contribution in [1.29, 1.82) is 5.26 Å². The fourth-order valence-corrected chi connectivity index (χ4v) is 3.02. The molecule has 156 valence electrons. The summed E-state index contributed by atoms with van der Waals surface area (Å²) in [6.07, 6.45) is 0.969. The van der Waals surface area contributed by atoms with Gasteiger partial charge in [-0.2, -0.15) is 5.26 Å². The molecule has 1 saturated heterocycles. The first-order chi connectivity index (χ1) is 13.5. The minimum Gasteiger partial charge on any atom is -0.497 e. The van der Waals surface area contributed by atoms with Crippen LogP contribution >= 0.6 is 0 Å². The van der Waals surface area contributed by atoms with Gasteiger partial charge in [0.2, 0.25) is 5.91 Å². The number of benzene rings is 1. The Bertz CT molecular complexity index is 830. The Labute approximate surface area is 171 Å². The molecule has 0 saturated carbocycles. The summed E-state index contributed by atoms with van der Waals surface area (Å²) >= 11 is 0. The predicted octanol–water partition coefficient (Wildman–Crippen LogP) is 1.99. The molecule has 2 rings (SSSR count). The average Bonchev–Trinajstić information content (AvgIpc) is 2.90. The van der Waals surface area contributed by atoms with E-state index in [2.05, 4.69) is 16.7 Å². The number of aryl methyl sites for hydroxylation is 1. The third-order valence-electron chi connectivity index (χ3n) is 5.51. The highest BCUT2D eigenvalue weighted by molar-refractivity contribution is 6.08. The number of urea groups is 1. The van der Waals surface area contributed by atoms with Crippen molar-refractivity contribution in [3.8, 4) is 11.8 Å². The van der Waals surface area contributed by atoms with Crippen LogP contribution in [0.5, 0.6) is 5.75 Å². The van der Waals surface area contributed by atoms with Crippen LogP contribution in [0, 0.1) is 17.2 Å². The highest BCUT2D eigenvalue weighted by atomic mass is 16.5. The number of hydrogen-bond acceptors (Lipinski definition) is 5. The van der Waals surface area contributed by atoms with Gasteiger partial charge in [0, 0.05) is 0 Å². The molecule has 8 heteroatoms. The number of nitrogens with one attached hydrogen (secondary N) is 2. The van der Waals surface area contributed by atoms with Gasteiger partial charge in [0.15, 0.2) is 0 Å². The quantitative estimate of drug-likeness (QED) is 0.648. The SMILES string of the molecule is COc1ccc(CC[C@]2(C)NC(=O)N(CC(=O)N[C@@](C)(C#N)C(C)C)C2=O)cc1. The van der Waals surface area contributed by atoms with E-state index in [0.29, 0.717) is 12.8 Å². The number of carbonyl (C=O) groups excluding carboxylic acids is 3. The van der Waals surface area contributed by atoms with Gasteiger partial charge >= 0.3 is 6.03 Å². The molecule has 0 bridgehead atoms. The van der Waals surface area contributed by atoms with E-state index in [9.17, 15) is 19.6 Å². The molecule has 2 atom stereocenters. The molecular formula is C21H28N4O4. The zero-order valence-electron chi connectivity index (χ0n) is 17.5. The molecule has 2 N–H and O–H groups in total. The van der Waals surface area contributed by atoms with Crippen molar-refractivity contribution in [1.82, 2.24) is 15.5 Å². The van der Waals surface area contributed by atoms with E-state index in [0.717, 1.165) is 16.2 Å². The molecule has 1 fully saturated rings. The van der Waals surface area contributed by atoms with Crippen LogP contribution in [0.3, 0.4) is 0 Å². The summed E-state index contributed by atoms with van der Waals surface area (Å²) in [6.45, 7) is 6.47. The first-order valence-electron chi connectivity index (χ1n) is 9.54. The van der Waals surface area contributed by atoms with Gasteiger partial charge in [-0.15, -0.1) is 0 Å². The number of nitriles is 1. The number of methoxy groups -OCH3 is 1. The molecule has 1 aromatic rings. The number of hydrogen-bond donors (Lipinski definition) is 2. The van der Waals surface area contributed by atoms with Crippen LogP contribution in [0.1, 0.15) is 39.7 Å². The average molecular weight is 400 g/mol. The highest BCUT2D eigenvalue weighted by Crippen LogP contribution is 2.24. The van der Waals surface area contributed by atoms with Gasteiger partial charge in [-0.1, -0.05) is 26.0 Å². The van der Waals surface area contributed by atoms with E-state index in [1.54, 1.807) is 21.0 Å². The van der Waals surface area contributed by atoms with Gasteiger partial charge in [-0.25, -0.2) is 4.79 Å². The molecule has 0 radical (unpaired) electrons. The number of carbonyl (C=O) groups is 3. The summed E-state index contributed by atoms with van der Waals surface area (Å²) in [5.41, 5.74) is -1.16. The van der Waals surface area contributed by atoms with Gasteiger partial charge in [-0.05, 0) is 50.3 Å². The van der Waals surface area contributed by atoms with E-state index in [1.807, 2.05) is 38.1 Å². The molecular weight excluding hydrogens is 372 g/mol. The summed E-state index contributed by atoms with van der Waals surface area (Å²) in [4.78, 5) is 38.4. The number of ether oxygens (including phenoxy) is 1. The summed E-state index contributed by atoms with van der Waals surface area (Å²) in [5.74, 6) is -0.387. The molecule has 4 amide bonds. The van der Waals surface area contributed by atoms with Crippen molar-refractivity contribution < 1.29 is 19.1 Å². The third-order valence-corrected chi connectivity index (χ3v) is 5.51. The van der Waals surface area contributed by atoms with Gasteiger partial charge < -0.3 is 15.4 Å². The molecule has 1 aliphatic heterocycles. The lowest BCUT2D eigenvalue weighted by Crippen LogP contribution is -2.52. The smallest absolute Gasteiger partial charge is 0.325 e. The van der Waals surface area contributed by atoms with Crippen LogP contribution in [0.2, 0.25) is 0 Å². The second-order valence-corrected chi connectivity index (χ2v) is 8.02. The fraction of sp³-hybridized carbons (Fsp3) is 0.524. The van der Waals surface area contributed by atoms with Crippen LogP contribution < -0.4 is 15.4 Å². The number of rotatable bonds is 8. The van der Waals surface area contributed by atoms with Crippen molar-refractivity contribution >= 4 is 17.8 Å². The zero-order chi connectivity index (χ0) is 21.8. The molecule has 0 unspecified atom stereocenters. The molecule has 8 nitrogen and oxygen atoms in total. The van der Waals surface area contributed by atoms with E-state index in [-0.39, 0.29) is 5.92 Å². The van der Waals surface area contributed by atoms with Crippen molar-refractivity contribution in [3.63, 3.8) is 0 Å². The number of imide groups is 1. The fourth-order valence-electron chi connectivity index (χ4n) is 3.02. The van der Waals surface area contributed by atoms with Gasteiger partial charge in [-0.3, -0.25) is 14.5 Å². The Morgan fingerprint density at radius 3 is 2.48 bits per heavy atom. The minimum absolute atomic E-state index is 0.130. The lowest BCUT2D eigenvalue weighted by molar-refractivity contribution is -0.135. The maximum absolute atomic E-state index is 12.8. The normalized spacial score (nSPS) is 20.8. The van der Waals surface area contributed by atoms with Crippen LogP contribution in [-0.4, -0.2) is 47.5 Å². The second-order valence-electron chi connectivity index (χ2n) is 8.02. The first-order valence-corrected chi connectivity index (χ1v) is 9.54. The van der Waals surface area contributed by atoms with Gasteiger partial charge in [0.1, 0.15) is 23.4 Å². The Morgan fingerprint density at radius 1 is 1.34 bits per heavy atom. The zero-order valence-corrected chi connectivity index (χ0v) is 17.5. The Kier molecular flexibility index (Phi) is 6.52. The Morgan fingerprint density at radius 2 is 1.97 bits per heavy atom. The predicted molar refractivity (Wildman–Crippen MR) is 107 cm³/mol. The van der Waals surface area contributed by atoms with Crippen LogP contribution in [0.15, 0.2) is 24.3 Å². The van der Waals surface area contributed by atoms with E-state index >= 15 is 0 Å². The largest absolute Gasteiger partial charge is 0.497 e. The maximum atomic E-state index is 12.8. The topological polar surface area (TPSA) is 112 Å². The summed E-state index contributed by atoms with van der Waals surface area (Å²) < 4.78 is 5.13. The number of nitrogens with zero attached hydrogens (tertiary/aromatic N) is 2. The van der Waals surface area contributed by atoms with Crippen molar-refractivity contribution in [3.05, 3.63) is 29.8 Å². The molecule has 0 aromatic heterocycles. The Hall–Kier alpha value is -3.08. The van der Waals surface area contributed by atoms with Gasteiger partial charge in [0.25, 0.3) is 5.91 Å². The van der Waals surface area contributed by atoms with Crippen molar-refractivity contribution in [2.24, 2.45) is 5.92 Å². The Balaban J connectivity index is 2.02. The first kappa shape index (κ1) is 22.2. The third kappa shape index (κ3) is 4.86. The molecule has 1 aromatic carbocycles. The van der Waals surface area contributed by atoms with Crippen LogP contribution in [0.4, 0.5) is 4.79 Å². The maximum Gasteiger partial charge on any atom is 0.325 e. The molecule has 1 heterocycles. The van der Waals surface area contributed by atoms with Crippen LogP contribution in [0.25, 0.3) is 0 Å². The summed E-state index contributed by atoms with van der Waals surface area (Å²) in [7, 11) is 1.59. The van der Waals surface area contributed by atoms with Crippen molar-refractivity contribution in [2.45, 2.75) is 51.6 Å². The van der Waals surface area contributed by atoms with Crippen LogP contribution in [-0.2, 0) is 16.0 Å². The summed E-state index contributed by atoms with van der Waals surface area (Å²) in [5, 5.41) is 14.6. The number of amides is 4. The molecule has 29 heavy (non-hydrogen) atoms. The van der Waals surface area contributed by atoms with E-state index in [4.69, 9.17) is 4.74 Å². The lowest BCUT2D eigenvalue weighted by Gasteiger charge is -2.28. The monoisotopic (exact) mass is 400 g/mol. The second kappa shape index (κ2) is 8.52. The van der Waals surface area contributed by atoms with E-state index in [1.165, 1.54) is 0 Å². The molecule has 0 spiro atoms. The highest BCUT2D eigenvalue weighted by Gasteiger charge is 2.48. The summed E-state index contributed by atoms with van der Waals surface area (Å²) in [6, 6.07) is 8.96.